The molecule has 0 amide bonds. The van der Waals surface area contributed by atoms with Crippen LogP contribution in [-0.4, -0.2) is 25.7 Å². The number of nitrogens with one attached hydrogen (secondary N) is 1. The molecule has 1 aromatic rings. The second-order valence-corrected chi connectivity index (χ2v) is 6.63. The predicted octanol–water partition coefficient (Wildman–Crippen LogP) is 1.65. The lowest BCUT2D eigenvalue weighted by Crippen LogP contribution is -2.46. The van der Waals surface area contributed by atoms with Gasteiger partial charge < -0.3 is 5.11 Å². The lowest BCUT2D eigenvalue weighted by Gasteiger charge is -2.37. The molecule has 0 radical (unpaired) electrons. The van der Waals surface area contributed by atoms with Gasteiger partial charge in [-0.25, -0.2) is 17.5 Å². The highest BCUT2D eigenvalue weighted by molar-refractivity contribution is 7.89. The lowest BCUT2D eigenvalue weighted by atomic mass is 9.77. The molecule has 2 rings (SSSR count). The second-order valence-electron chi connectivity index (χ2n) is 4.95. The highest BCUT2D eigenvalue weighted by atomic mass is 32.2. The SMILES string of the molecule is CC[C@H](NS(=O)(=O)c1ccccc1F)C1CC(O)C1. The number of aliphatic hydroxyl groups excluding tert-OH is 1. The van der Waals surface area contributed by atoms with Crippen LogP contribution in [0.3, 0.4) is 0 Å². The van der Waals surface area contributed by atoms with E-state index in [1.165, 1.54) is 18.2 Å². The summed E-state index contributed by atoms with van der Waals surface area (Å²) in [6.07, 6.45) is 1.47. The van der Waals surface area contributed by atoms with Crippen molar-refractivity contribution >= 4 is 10.0 Å². The molecule has 1 fully saturated rings. The average Bonchev–Trinajstić information content (AvgIpc) is 2.33. The van der Waals surface area contributed by atoms with Crippen LogP contribution in [-0.2, 0) is 10.0 Å². The molecule has 106 valence electrons. The van der Waals surface area contributed by atoms with Crippen LogP contribution >= 0.6 is 0 Å². The standard InChI is InChI=1S/C13H18FNO3S/c1-2-12(9-7-10(16)8-9)15-19(17,18)13-6-4-3-5-11(13)14/h3-6,9-10,12,15-16H,2,7-8H2,1H3/t9?,10?,12-/m0/s1. The number of benzene rings is 1. The van der Waals surface area contributed by atoms with Gasteiger partial charge >= 0.3 is 0 Å². The second kappa shape index (κ2) is 5.56. The first-order valence-electron chi connectivity index (χ1n) is 6.39. The number of hydrogen-bond donors (Lipinski definition) is 2. The molecule has 1 aliphatic rings. The first-order chi connectivity index (χ1) is 8.94. The normalized spacial score (nSPS) is 24.8. The Morgan fingerprint density at radius 2 is 2.05 bits per heavy atom. The third-order valence-corrected chi connectivity index (χ3v) is 5.11. The van der Waals surface area contributed by atoms with Gasteiger partial charge in [0, 0.05) is 6.04 Å². The van der Waals surface area contributed by atoms with E-state index in [0.29, 0.717) is 19.3 Å². The van der Waals surface area contributed by atoms with E-state index < -0.39 is 15.8 Å². The quantitative estimate of drug-likeness (QED) is 0.865. The zero-order valence-electron chi connectivity index (χ0n) is 10.7. The molecule has 0 heterocycles. The van der Waals surface area contributed by atoms with Gasteiger partial charge in [-0.05, 0) is 37.3 Å². The lowest BCUT2D eigenvalue weighted by molar-refractivity contribution is 0.0277. The minimum atomic E-state index is -3.85. The number of aliphatic hydroxyl groups is 1. The van der Waals surface area contributed by atoms with E-state index >= 15 is 0 Å². The minimum Gasteiger partial charge on any atom is -0.393 e. The molecule has 1 saturated carbocycles. The van der Waals surface area contributed by atoms with Gasteiger partial charge in [-0.3, -0.25) is 0 Å². The fourth-order valence-corrected chi connectivity index (χ4v) is 3.86. The summed E-state index contributed by atoms with van der Waals surface area (Å²) in [5.74, 6) is -0.625. The number of hydrogen-bond acceptors (Lipinski definition) is 3. The molecule has 2 N–H and O–H groups in total. The topological polar surface area (TPSA) is 66.4 Å². The van der Waals surface area contributed by atoms with Crippen LogP contribution in [0.1, 0.15) is 26.2 Å². The zero-order valence-corrected chi connectivity index (χ0v) is 11.5. The van der Waals surface area contributed by atoms with E-state index in [2.05, 4.69) is 4.72 Å². The van der Waals surface area contributed by atoms with Crippen molar-refractivity contribution in [2.45, 2.75) is 43.2 Å². The molecule has 0 saturated heterocycles. The van der Waals surface area contributed by atoms with Crippen LogP contribution in [0.25, 0.3) is 0 Å². The predicted molar refractivity (Wildman–Crippen MR) is 69.5 cm³/mol. The summed E-state index contributed by atoms with van der Waals surface area (Å²) in [4.78, 5) is -0.326. The Balaban J connectivity index is 2.14. The maximum atomic E-state index is 13.5. The molecular weight excluding hydrogens is 269 g/mol. The summed E-state index contributed by atoms with van der Waals surface area (Å²) < 4.78 is 40.4. The Morgan fingerprint density at radius 1 is 1.42 bits per heavy atom. The molecule has 0 spiro atoms. The average molecular weight is 287 g/mol. The van der Waals surface area contributed by atoms with Crippen LogP contribution in [0.5, 0.6) is 0 Å². The number of halogens is 1. The molecule has 0 aromatic heterocycles. The first kappa shape index (κ1) is 14.4. The van der Waals surface area contributed by atoms with Gasteiger partial charge in [-0.2, -0.15) is 0 Å². The Bertz CT molecular complexity index is 541. The summed E-state index contributed by atoms with van der Waals surface area (Å²) in [5, 5.41) is 9.28. The molecular formula is C13H18FNO3S. The van der Waals surface area contributed by atoms with E-state index in [1.54, 1.807) is 0 Å². The van der Waals surface area contributed by atoms with Crippen LogP contribution < -0.4 is 4.72 Å². The molecule has 0 unspecified atom stereocenters. The van der Waals surface area contributed by atoms with Crippen LogP contribution in [0.15, 0.2) is 29.2 Å². The van der Waals surface area contributed by atoms with Crippen molar-refractivity contribution in [3.63, 3.8) is 0 Å². The molecule has 1 atom stereocenters. The van der Waals surface area contributed by atoms with Gasteiger partial charge in [0.2, 0.25) is 10.0 Å². The number of rotatable bonds is 5. The van der Waals surface area contributed by atoms with Gasteiger partial charge in [0.25, 0.3) is 0 Å². The van der Waals surface area contributed by atoms with Crippen molar-refractivity contribution in [1.82, 2.24) is 4.72 Å². The van der Waals surface area contributed by atoms with E-state index in [9.17, 15) is 17.9 Å². The maximum absolute atomic E-state index is 13.5. The number of sulfonamides is 1. The highest BCUT2D eigenvalue weighted by Crippen LogP contribution is 2.32. The van der Waals surface area contributed by atoms with Crippen molar-refractivity contribution in [3.8, 4) is 0 Å². The Kier molecular flexibility index (Phi) is 4.23. The summed E-state index contributed by atoms with van der Waals surface area (Å²) in [7, 11) is -3.85. The van der Waals surface area contributed by atoms with Crippen LogP contribution in [0.4, 0.5) is 4.39 Å². The van der Waals surface area contributed by atoms with Crippen molar-refractivity contribution in [3.05, 3.63) is 30.1 Å². The zero-order chi connectivity index (χ0) is 14.0. The Labute approximate surface area is 112 Å². The smallest absolute Gasteiger partial charge is 0.243 e. The summed E-state index contributed by atoms with van der Waals surface area (Å²) in [6.45, 7) is 1.87. The minimum absolute atomic E-state index is 0.126. The van der Waals surface area contributed by atoms with E-state index in [4.69, 9.17) is 0 Å². The maximum Gasteiger partial charge on any atom is 0.243 e. The Morgan fingerprint density at radius 3 is 2.58 bits per heavy atom. The van der Waals surface area contributed by atoms with Gasteiger partial charge in [0.1, 0.15) is 10.7 Å². The van der Waals surface area contributed by atoms with Gasteiger partial charge in [-0.1, -0.05) is 19.1 Å². The molecule has 0 bridgehead atoms. The third kappa shape index (κ3) is 3.13. The van der Waals surface area contributed by atoms with Crippen molar-refractivity contribution in [2.75, 3.05) is 0 Å². The summed E-state index contributed by atoms with van der Waals surface area (Å²) >= 11 is 0. The largest absolute Gasteiger partial charge is 0.393 e. The molecule has 1 aromatic carbocycles. The Hall–Kier alpha value is -0.980. The molecule has 1 aliphatic carbocycles. The monoisotopic (exact) mass is 287 g/mol. The van der Waals surface area contributed by atoms with Gasteiger partial charge in [-0.15, -0.1) is 0 Å². The summed E-state index contributed by atoms with van der Waals surface area (Å²) in [6, 6.07) is 5.07. The summed E-state index contributed by atoms with van der Waals surface area (Å²) in [5.41, 5.74) is 0. The van der Waals surface area contributed by atoms with E-state index in [-0.39, 0.29) is 23.0 Å². The molecule has 6 heteroatoms. The third-order valence-electron chi connectivity index (χ3n) is 3.59. The van der Waals surface area contributed by atoms with E-state index in [0.717, 1.165) is 6.07 Å². The molecule has 4 nitrogen and oxygen atoms in total. The van der Waals surface area contributed by atoms with Crippen LogP contribution in [0, 0.1) is 11.7 Å². The van der Waals surface area contributed by atoms with Gasteiger partial charge in [0.15, 0.2) is 0 Å². The molecule has 0 aliphatic heterocycles. The van der Waals surface area contributed by atoms with Crippen molar-refractivity contribution in [2.24, 2.45) is 5.92 Å². The van der Waals surface area contributed by atoms with E-state index in [1.807, 2.05) is 6.92 Å². The van der Waals surface area contributed by atoms with Gasteiger partial charge in [0.05, 0.1) is 6.10 Å². The van der Waals surface area contributed by atoms with Crippen molar-refractivity contribution in [1.29, 1.82) is 0 Å². The first-order valence-corrected chi connectivity index (χ1v) is 7.87. The molecule has 19 heavy (non-hydrogen) atoms. The fraction of sp³-hybridized carbons (Fsp3) is 0.538. The van der Waals surface area contributed by atoms with Crippen molar-refractivity contribution < 1.29 is 17.9 Å². The highest BCUT2D eigenvalue weighted by Gasteiger charge is 2.35. The van der Waals surface area contributed by atoms with Crippen LogP contribution in [0.2, 0.25) is 0 Å². The fourth-order valence-electron chi connectivity index (χ4n) is 2.40.